The molecule has 2 aromatic carbocycles. The Bertz CT molecular complexity index is 1930. The molecule has 2 fully saturated rings. The van der Waals surface area contributed by atoms with Crippen molar-refractivity contribution in [3.8, 4) is 23.1 Å². The van der Waals surface area contributed by atoms with Crippen molar-refractivity contribution in [2.24, 2.45) is 17.8 Å². The monoisotopic (exact) mass is 677 g/mol. The smallest absolute Gasteiger partial charge is 0.407 e. The van der Waals surface area contributed by atoms with Crippen LogP contribution in [0.4, 0.5) is 4.79 Å². The second-order valence-electron chi connectivity index (χ2n) is 14.2. The number of amides is 3. The van der Waals surface area contributed by atoms with Gasteiger partial charge < -0.3 is 29.8 Å². The molecule has 0 spiro atoms. The highest BCUT2D eigenvalue weighted by Crippen LogP contribution is 2.34. The fourth-order valence-corrected chi connectivity index (χ4v) is 6.91. The molecule has 50 heavy (non-hydrogen) atoms. The number of rotatable bonds is 8. The highest BCUT2D eigenvalue weighted by molar-refractivity contribution is 5.88. The Balaban J connectivity index is 1.14. The van der Waals surface area contributed by atoms with Crippen molar-refractivity contribution >= 4 is 28.7 Å². The summed E-state index contributed by atoms with van der Waals surface area (Å²) in [4.78, 5) is 58.4. The zero-order valence-electron chi connectivity index (χ0n) is 29.7. The third kappa shape index (κ3) is 7.25. The number of carbonyl (C=O) groups excluding carboxylic acids is 3. The third-order valence-corrected chi connectivity index (χ3v) is 10.2. The number of methoxy groups -OCH3 is 1. The van der Waals surface area contributed by atoms with E-state index in [1.54, 1.807) is 11.1 Å². The Morgan fingerprint density at radius 3 is 2.14 bits per heavy atom. The van der Waals surface area contributed by atoms with Crippen molar-refractivity contribution in [3.63, 3.8) is 0 Å². The van der Waals surface area contributed by atoms with Gasteiger partial charge in [-0.05, 0) is 72.4 Å². The van der Waals surface area contributed by atoms with E-state index in [1.165, 1.54) is 7.11 Å². The number of nitrogens with one attached hydrogen (secondary N) is 3. The molecule has 2 aliphatic heterocycles. The first kappa shape index (κ1) is 34.7. The van der Waals surface area contributed by atoms with Crippen LogP contribution in [-0.4, -0.2) is 73.9 Å². The van der Waals surface area contributed by atoms with Crippen molar-refractivity contribution in [3.05, 3.63) is 71.7 Å². The van der Waals surface area contributed by atoms with Gasteiger partial charge in [0.05, 0.1) is 37.3 Å². The molecule has 4 aromatic rings. The first-order valence-corrected chi connectivity index (χ1v) is 17.7. The normalized spacial score (nSPS) is 18.7. The number of H-pyrrole nitrogens is 2. The van der Waals surface area contributed by atoms with Gasteiger partial charge in [0, 0.05) is 30.1 Å². The van der Waals surface area contributed by atoms with Crippen LogP contribution >= 0.6 is 0 Å². The highest BCUT2D eigenvalue weighted by atomic mass is 16.5. The molecule has 0 bridgehead atoms. The molecule has 3 amide bonds. The van der Waals surface area contributed by atoms with Crippen molar-refractivity contribution < 1.29 is 19.1 Å². The molecular formula is C39H47N7O4. The van der Waals surface area contributed by atoms with Gasteiger partial charge in [0.25, 0.3) is 0 Å². The maximum absolute atomic E-state index is 13.4. The molecule has 262 valence electrons. The van der Waals surface area contributed by atoms with E-state index in [2.05, 4.69) is 76.3 Å². The summed E-state index contributed by atoms with van der Waals surface area (Å²) in [6, 6.07) is 11.5. The molecule has 11 heteroatoms. The van der Waals surface area contributed by atoms with E-state index in [0.717, 1.165) is 65.6 Å². The Labute approximate surface area is 293 Å². The summed E-state index contributed by atoms with van der Waals surface area (Å²) in [6.07, 6.45) is 6.46. The summed E-state index contributed by atoms with van der Waals surface area (Å²) in [5.41, 5.74) is 3.50. The minimum atomic E-state index is -0.684. The predicted molar refractivity (Wildman–Crippen MR) is 192 cm³/mol. The van der Waals surface area contributed by atoms with E-state index in [1.807, 2.05) is 37.9 Å². The summed E-state index contributed by atoms with van der Waals surface area (Å²) >= 11 is 0. The lowest BCUT2D eigenvalue weighted by Gasteiger charge is -2.29. The summed E-state index contributed by atoms with van der Waals surface area (Å²) < 4.78 is 4.74. The maximum atomic E-state index is 13.4. The molecule has 2 aliphatic rings. The van der Waals surface area contributed by atoms with Gasteiger partial charge in [0.15, 0.2) is 0 Å². The second-order valence-corrected chi connectivity index (χ2v) is 14.2. The Morgan fingerprint density at radius 2 is 1.46 bits per heavy atom. The lowest BCUT2D eigenvalue weighted by atomic mass is 9.96. The lowest BCUT2D eigenvalue weighted by molar-refractivity contribution is -0.137. The first-order valence-electron chi connectivity index (χ1n) is 17.7. The summed E-state index contributed by atoms with van der Waals surface area (Å²) in [6.45, 7) is 11.4. The minimum Gasteiger partial charge on any atom is -0.453 e. The molecule has 6 rings (SSSR count). The molecule has 2 aromatic heterocycles. The Hall–Kier alpha value is -5.11. The summed E-state index contributed by atoms with van der Waals surface area (Å²) in [5, 5.41) is 4.84. The average Bonchev–Trinajstić information content (AvgIpc) is 3.94. The van der Waals surface area contributed by atoms with Gasteiger partial charge in [-0.2, -0.15) is 0 Å². The molecule has 2 saturated heterocycles. The molecule has 4 atom stereocenters. The average molecular weight is 678 g/mol. The van der Waals surface area contributed by atoms with E-state index >= 15 is 0 Å². The number of likely N-dealkylation sites (tertiary alicyclic amines) is 2. The zero-order chi connectivity index (χ0) is 35.5. The van der Waals surface area contributed by atoms with E-state index in [9.17, 15) is 14.4 Å². The number of ether oxygens (including phenoxy) is 1. The number of carbonyl (C=O) groups is 3. The highest BCUT2D eigenvalue weighted by Gasteiger charge is 2.38. The van der Waals surface area contributed by atoms with Crippen LogP contribution < -0.4 is 5.32 Å². The van der Waals surface area contributed by atoms with Crippen LogP contribution in [0.3, 0.4) is 0 Å². The standard InChI is InChI=1S/C39H47N7O4/c1-23(2)25(5)37(47)45-17-7-10-33(45)36-41-22-31(43-36)29-15-14-27-19-26(11-13-28(27)20-29)12-16-30-21-40-35(42-30)32-9-8-18-46(32)38(48)34(24(3)4)44-39(49)50-6/h11,13-15,19-25,32-34H,7-10,17-18H2,1-6H3,(H,40,42)(H,41,43)(H,44,49)/t25-,32-,33-,34-/m0/s1. The van der Waals surface area contributed by atoms with Gasteiger partial charge in [0.2, 0.25) is 11.8 Å². The topological polar surface area (TPSA) is 136 Å². The van der Waals surface area contributed by atoms with Crippen LogP contribution in [-0.2, 0) is 14.3 Å². The molecule has 0 aliphatic carbocycles. The van der Waals surface area contributed by atoms with Crippen LogP contribution in [0.5, 0.6) is 0 Å². The number of nitrogens with zero attached hydrogens (tertiary/aromatic N) is 4. The number of aromatic amines is 2. The van der Waals surface area contributed by atoms with Crippen LogP contribution in [0.15, 0.2) is 48.8 Å². The fourth-order valence-electron chi connectivity index (χ4n) is 6.91. The van der Waals surface area contributed by atoms with Crippen molar-refractivity contribution in [2.75, 3.05) is 20.2 Å². The van der Waals surface area contributed by atoms with Crippen LogP contribution in [0.2, 0.25) is 0 Å². The van der Waals surface area contributed by atoms with E-state index < -0.39 is 12.1 Å². The van der Waals surface area contributed by atoms with Gasteiger partial charge in [-0.3, -0.25) is 9.59 Å². The predicted octanol–water partition coefficient (Wildman–Crippen LogP) is 6.35. The summed E-state index contributed by atoms with van der Waals surface area (Å²) in [7, 11) is 1.29. The van der Waals surface area contributed by atoms with Gasteiger partial charge >= 0.3 is 6.09 Å². The number of fused-ring (bicyclic) bond motifs is 1. The van der Waals surface area contributed by atoms with Gasteiger partial charge in [-0.15, -0.1) is 0 Å². The minimum absolute atomic E-state index is 0.0148. The van der Waals surface area contributed by atoms with E-state index in [-0.39, 0.29) is 35.7 Å². The Kier molecular flexibility index (Phi) is 10.3. The molecule has 3 N–H and O–H groups in total. The van der Waals surface area contributed by atoms with E-state index in [0.29, 0.717) is 24.0 Å². The summed E-state index contributed by atoms with van der Waals surface area (Å²) in [5.74, 6) is 8.22. The van der Waals surface area contributed by atoms with Crippen LogP contribution in [0, 0.1) is 29.6 Å². The molecule has 0 radical (unpaired) electrons. The molecular weight excluding hydrogens is 630 g/mol. The molecule has 0 saturated carbocycles. The zero-order valence-corrected chi connectivity index (χ0v) is 29.7. The lowest BCUT2D eigenvalue weighted by Crippen LogP contribution is -2.51. The van der Waals surface area contributed by atoms with Crippen molar-refractivity contribution in [2.45, 2.75) is 78.4 Å². The quantitative estimate of drug-likeness (QED) is 0.186. The van der Waals surface area contributed by atoms with E-state index in [4.69, 9.17) is 9.72 Å². The first-order chi connectivity index (χ1) is 24.0. The number of alkyl carbamates (subject to hydrolysis) is 1. The maximum Gasteiger partial charge on any atom is 0.407 e. The number of benzene rings is 2. The van der Waals surface area contributed by atoms with Crippen molar-refractivity contribution in [1.29, 1.82) is 0 Å². The SMILES string of the molecule is COC(=O)N[C@H](C(=O)N1CCC[C@H]1c1ncc(C#Cc2ccc3cc(-c4cnc([C@@H]5CCCN5C(=O)[C@@H](C)C(C)C)[nH]4)ccc3c2)[nH]1)C(C)C. The van der Waals surface area contributed by atoms with Gasteiger partial charge in [-0.1, -0.05) is 58.7 Å². The van der Waals surface area contributed by atoms with Crippen LogP contribution in [0.25, 0.3) is 22.0 Å². The molecule has 0 unspecified atom stereocenters. The molecule has 4 heterocycles. The molecule has 11 nitrogen and oxygen atoms in total. The number of aromatic nitrogens is 4. The fraction of sp³-hybridized carbons (Fsp3) is 0.462. The van der Waals surface area contributed by atoms with Gasteiger partial charge in [0.1, 0.15) is 23.4 Å². The number of hydrogen-bond acceptors (Lipinski definition) is 6. The largest absolute Gasteiger partial charge is 0.453 e. The van der Waals surface area contributed by atoms with Crippen molar-refractivity contribution in [1.82, 2.24) is 35.1 Å². The Morgan fingerprint density at radius 1 is 0.820 bits per heavy atom. The van der Waals surface area contributed by atoms with Crippen LogP contribution in [0.1, 0.15) is 95.3 Å². The third-order valence-electron chi connectivity index (χ3n) is 10.2. The van der Waals surface area contributed by atoms with Gasteiger partial charge in [-0.25, -0.2) is 14.8 Å². The second kappa shape index (κ2) is 14.8. The number of imidazole rings is 2. The number of hydrogen-bond donors (Lipinski definition) is 3.